The number of piperazine rings is 1. The number of benzene rings is 1. The fourth-order valence-electron chi connectivity index (χ4n) is 2.33. The number of hydrogen-bond donors (Lipinski definition) is 2. The number of methoxy groups -OCH3 is 1. The molecule has 0 unspecified atom stereocenters. The summed E-state index contributed by atoms with van der Waals surface area (Å²) in [6, 6.07) is 5.47. The van der Waals surface area contributed by atoms with Gasteiger partial charge in [-0.2, -0.15) is 0 Å². The maximum absolute atomic E-state index is 10.1. The Kier molecular flexibility index (Phi) is 8.65. The van der Waals surface area contributed by atoms with Crippen LogP contribution in [-0.4, -0.2) is 43.3 Å². The van der Waals surface area contributed by atoms with Gasteiger partial charge in [-0.1, -0.05) is 6.08 Å². The first-order chi connectivity index (χ1) is 8.76. The van der Waals surface area contributed by atoms with E-state index in [1.807, 2.05) is 18.2 Å². The average molecular weight is 321 g/mol. The van der Waals surface area contributed by atoms with Crippen molar-refractivity contribution in [2.45, 2.75) is 6.04 Å². The molecule has 0 bridgehead atoms. The van der Waals surface area contributed by atoms with Crippen LogP contribution in [0, 0.1) is 0 Å². The van der Waals surface area contributed by atoms with Gasteiger partial charge in [0.25, 0.3) is 0 Å². The van der Waals surface area contributed by atoms with E-state index >= 15 is 0 Å². The largest absolute Gasteiger partial charge is 0.507 e. The molecule has 1 atom stereocenters. The molecule has 114 valence electrons. The summed E-state index contributed by atoms with van der Waals surface area (Å²) in [5, 5.41) is 13.4. The Labute approximate surface area is 132 Å². The third-order valence-corrected chi connectivity index (χ3v) is 3.32. The molecule has 2 rings (SSSR count). The zero-order chi connectivity index (χ0) is 13.0. The molecule has 0 amide bonds. The Morgan fingerprint density at radius 3 is 2.50 bits per heavy atom. The van der Waals surface area contributed by atoms with Crippen LogP contribution in [0.4, 0.5) is 0 Å². The molecule has 0 radical (unpaired) electrons. The van der Waals surface area contributed by atoms with Crippen molar-refractivity contribution in [3.8, 4) is 11.5 Å². The first-order valence-electron chi connectivity index (χ1n) is 6.20. The molecule has 0 spiro atoms. The number of aromatic hydroxyl groups is 1. The Hall–Kier alpha value is -0.940. The SMILES string of the molecule is C=C[C@@H](c1ccc(OC)cc1O)N1CCNCC1.Cl.Cl. The minimum Gasteiger partial charge on any atom is -0.507 e. The summed E-state index contributed by atoms with van der Waals surface area (Å²) < 4.78 is 5.10. The maximum atomic E-state index is 10.1. The van der Waals surface area contributed by atoms with Crippen molar-refractivity contribution in [1.82, 2.24) is 10.2 Å². The second-order valence-electron chi connectivity index (χ2n) is 4.39. The minimum absolute atomic E-state index is 0. The lowest BCUT2D eigenvalue weighted by Crippen LogP contribution is -2.44. The predicted molar refractivity (Wildman–Crippen MR) is 86.5 cm³/mol. The van der Waals surface area contributed by atoms with E-state index in [2.05, 4.69) is 16.8 Å². The van der Waals surface area contributed by atoms with Gasteiger partial charge in [0.1, 0.15) is 11.5 Å². The number of phenolic OH excluding ortho intramolecular Hbond substituents is 1. The van der Waals surface area contributed by atoms with E-state index < -0.39 is 0 Å². The molecule has 1 aliphatic heterocycles. The summed E-state index contributed by atoms with van der Waals surface area (Å²) in [6.45, 7) is 7.76. The van der Waals surface area contributed by atoms with Crippen LogP contribution in [0.1, 0.15) is 11.6 Å². The molecule has 1 saturated heterocycles. The van der Waals surface area contributed by atoms with Gasteiger partial charge in [0.05, 0.1) is 13.2 Å². The van der Waals surface area contributed by atoms with Gasteiger partial charge in [0.2, 0.25) is 0 Å². The van der Waals surface area contributed by atoms with E-state index in [4.69, 9.17) is 4.74 Å². The van der Waals surface area contributed by atoms with E-state index in [9.17, 15) is 5.11 Å². The Balaban J connectivity index is 0.00000180. The van der Waals surface area contributed by atoms with Crippen molar-refractivity contribution in [3.05, 3.63) is 36.4 Å². The van der Waals surface area contributed by atoms with E-state index in [-0.39, 0.29) is 36.6 Å². The lowest BCUT2D eigenvalue weighted by molar-refractivity contribution is 0.201. The lowest BCUT2D eigenvalue weighted by Gasteiger charge is -2.33. The number of phenols is 1. The van der Waals surface area contributed by atoms with Gasteiger partial charge < -0.3 is 15.2 Å². The zero-order valence-corrected chi connectivity index (χ0v) is 13.2. The quantitative estimate of drug-likeness (QED) is 0.836. The minimum atomic E-state index is 0. The summed E-state index contributed by atoms with van der Waals surface area (Å²) in [4.78, 5) is 2.31. The third kappa shape index (κ3) is 4.28. The average Bonchev–Trinajstić information content (AvgIpc) is 2.42. The van der Waals surface area contributed by atoms with Crippen LogP contribution in [-0.2, 0) is 0 Å². The summed E-state index contributed by atoms with van der Waals surface area (Å²) in [7, 11) is 1.59. The van der Waals surface area contributed by atoms with Crippen LogP contribution in [0.25, 0.3) is 0 Å². The lowest BCUT2D eigenvalue weighted by atomic mass is 10.0. The van der Waals surface area contributed by atoms with Gasteiger partial charge in [0.15, 0.2) is 0 Å². The molecule has 4 nitrogen and oxygen atoms in total. The van der Waals surface area contributed by atoms with E-state index in [0.717, 1.165) is 31.7 Å². The fourth-order valence-corrected chi connectivity index (χ4v) is 2.33. The molecule has 2 N–H and O–H groups in total. The van der Waals surface area contributed by atoms with Gasteiger partial charge in [0, 0.05) is 37.8 Å². The fraction of sp³-hybridized carbons (Fsp3) is 0.429. The van der Waals surface area contributed by atoms with Crippen molar-refractivity contribution in [2.24, 2.45) is 0 Å². The Morgan fingerprint density at radius 1 is 1.35 bits per heavy atom. The molecular formula is C14H22Cl2N2O2. The number of ether oxygens (including phenoxy) is 1. The highest BCUT2D eigenvalue weighted by Crippen LogP contribution is 2.32. The van der Waals surface area contributed by atoms with Gasteiger partial charge in [-0.25, -0.2) is 0 Å². The van der Waals surface area contributed by atoms with Crippen LogP contribution < -0.4 is 10.1 Å². The maximum Gasteiger partial charge on any atom is 0.124 e. The van der Waals surface area contributed by atoms with Gasteiger partial charge in [-0.05, 0) is 12.1 Å². The molecule has 1 aromatic carbocycles. The van der Waals surface area contributed by atoms with E-state index in [1.54, 1.807) is 13.2 Å². The molecule has 1 fully saturated rings. The van der Waals surface area contributed by atoms with Crippen LogP contribution >= 0.6 is 24.8 Å². The van der Waals surface area contributed by atoms with Gasteiger partial charge >= 0.3 is 0 Å². The van der Waals surface area contributed by atoms with Gasteiger partial charge in [-0.3, -0.25) is 4.90 Å². The molecule has 1 aliphatic rings. The highest BCUT2D eigenvalue weighted by Gasteiger charge is 2.21. The highest BCUT2D eigenvalue weighted by atomic mass is 35.5. The molecule has 0 saturated carbocycles. The molecule has 0 aliphatic carbocycles. The molecule has 1 aromatic rings. The second-order valence-corrected chi connectivity index (χ2v) is 4.39. The second kappa shape index (κ2) is 9.08. The van der Waals surface area contributed by atoms with Gasteiger partial charge in [-0.15, -0.1) is 31.4 Å². The van der Waals surface area contributed by atoms with Crippen LogP contribution in [0.5, 0.6) is 11.5 Å². The Morgan fingerprint density at radius 2 is 2.00 bits per heavy atom. The summed E-state index contributed by atoms with van der Waals surface area (Å²) >= 11 is 0. The van der Waals surface area contributed by atoms with E-state index in [1.165, 1.54) is 0 Å². The normalized spacial score (nSPS) is 16.4. The standard InChI is InChI=1S/C14H20N2O2.2ClH/c1-3-13(16-8-6-15-7-9-16)12-5-4-11(18-2)10-14(12)17;;/h3-5,10,13,15,17H,1,6-9H2,2H3;2*1H/t13-;;/m0../s1. The van der Waals surface area contributed by atoms with Crippen LogP contribution in [0.2, 0.25) is 0 Å². The highest BCUT2D eigenvalue weighted by molar-refractivity contribution is 5.85. The summed E-state index contributed by atoms with van der Waals surface area (Å²) in [5.41, 5.74) is 0.882. The summed E-state index contributed by atoms with van der Waals surface area (Å²) in [5.74, 6) is 0.928. The van der Waals surface area contributed by atoms with Crippen molar-refractivity contribution >= 4 is 24.8 Å². The van der Waals surface area contributed by atoms with Crippen LogP contribution in [0.3, 0.4) is 0 Å². The van der Waals surface area contributed by atoms with E-state index in [0.29, 0.717) is 5.75 Å². The van der Waals surface area contributed by atoms with Crippen molar-refractivity contribution in [2.75, 3.05) is 33.3 Å². The molecule has 20 heavy (non-hydrogen) atoms. The third-order valence-electron chi connectivity index (χ3n) is 3.32. The summed E-state index contributed by atoms with van der Waals surface area (Å²) in [6.07, 6.45) is 1.88. The number of hydrogen-bond acceptors (Lipinski definition) is 4. The topological polar surface area (TPSA) is 44.7 Å². The van der Waals surface area contributed by atoms with Crippen LogP contribution in [0.15, 0.2) is 30.9 Å². The number of halogens is 2. The first kappa shape index (κ1) is 19.1. The molecule has 6 heteroatoms. The smallest absolute Gasteiger partial charge is 0.124 e. The zero-order valence-electron chi connectivity index (χ0n) is 11.5. The van der Waals surface area contributed by atoms with Crippen molar-refractivity contribution in [1.29, 1.82) is 0 Å². The monoisotopic (exact) mass is 320 g/mol. The first-order valence-corrected chi connectivity index (χ1v) is 6.20. The van der Waals surface area contributed by atoms with Crippen molar-refractivity contribution < 1.29 is 9.84 Å². The molecular weight excluding hydrogens is 299 g/mol. The molecule has 0 aromatic heterocycles. The number of rotatable bonds is 4. The number of nitrogens with zero attached hydrogens (tertiary/aromatic N) is 1. The molecule has 1 heterocycles. The van der Waals surface area contributed by atoms with Crippen molar-refractivity contribution in [3.63, 3.8) is 0 Å². The predicted octanol–water partition coefficient (Wildman–Crippen LogP) is 2.38. The Bertz CT molecular complexity index is 424. The number of nitrogens with one attached hydrogen (secondary N) is 1.